The molecule has 2 aromatic carbocycles. The number of nitrogens with zero attached hydrogens (tertiary/aromatic N) is 1. The van der Waals surface area contributed by atoms with Gasteiger partial charge in [0.25, 0.3) is 0 Å². The van der Waals surface area contributed by atoms with Crippen LogP contribution >= 0.6 is 0 Å². The van der Waals surface area contributed by atoms with Crippen LogP contribution in [-0.2, 0) is 0 Å². The van der Waals surface area contributed by atoms with Gasteiger partial charge in [-0.2, -0.15) is 5.10 Å². The third-order valence-electron chi connectivity index (χ3n) is 3.06. The molecule has 0 saturated carbocycles. The van der Waals surface area contributed by atoms with Crippen LogP contribution in [0.25, 0.3) is 0 Å². The van der Waals surface area contributed by atoms with Crippen LogP contribution in [0.15, 0.2) is 59.7 Å². The molecule has 2 rings (SSSR count). The van der Waals surface area contributed by atoms with Crippen molar-refractivity contribution in [1.29, 1.82) is 0 Å². The van der Waals surface area contributed by atoms with E-state index in [1.807, 2.05) is 54.6 Å². The van der Waals surface area contributed by atoms with Gasteiger partial charge in [-0.25, -0.2) is 0 Å². The van der Waals surface area contributed by atoms with Crippen molar-refractivity contribution in [2.45, 2.75) is 26.2 Å². The molecule has 0 saturated heterocycles. The predicted molar refractivity (Wildman–Crippen MR) is 89.1 cm³/mol. The molecule has 0 spiro atoms. The number of unbranched alkanes of at least 4 members (excludes halogenated alkanes) is 2. The zero-order valence-corrected chi connectivity index (χ0v) is 12.5. The summed E-state index contributed by atoms with van der Waals surface area (Å²) in [6, 6.07) is 17.9. The molecule has 0 atom stereocenters. The lowest BCUT2D eigenvalue weighted by Gasteiger charge is -2.06. The molecule has 0 heterocycles. The Hall–Kier alpha value is -2.29. The van der Waals surface area contributed by atoms with Crippen molar-refractivity contribution in [3.8, 4) is 5.75 Å². The minimum absolute atomic E-state index is 0.775. The maximum atomic E-state index is 5.73. The molecule has 21 heavy (non-hydrogen) atoms. The molecule has 3 nitrogen and oxygen atoms in total. The first-order chi connectivity index (χ1) is 10.4. The van der Waals surface area contributed by atoms with E-state index < -0.39 is 0 Å². The van der Waals surface area contributed by atoms with E-state index in [0.717, 1.165) is 30.0 Å². The highest BCUT2D eigenvalue weighted by molar-refractivity contribution is 5.80. The van der Waals surface area contributed by atoms with Gasteiger partial charge < -0.3 is 4.74 Å². The van der Waals surface area contributed by atoms with Crippen LogP contribution in [0, 0.1) is 0 Å². The van der Waals surface area contributed by atoms with Gasteiger partial charge in [0.1, 0.15) is 5.75 Å². The predicted octanol–water partition coefficient (Wildman–Crippen LogP) is 4.70. The van der Waals surface area contributed by atoms with Gasteiger partial charge in [0.05, 0.1) is 18.5 Å². The van der Waals surface area contributed by atoms with Crippen molar-refractivity contribution in [1.82, 2.24) is 0 Å². The number of nitrogens with one attached hydrogen (secondary N) is 1. The maximum Gasteiger partial charge on any atom is 0.119 e. The van der Waals surface area contributed by atoms with Crippen LogP contribution in [0.3, 0.4) is 0 Å². The highest BCUT2D eigenvalue weighted by atomic mass is 16.5. The van der Waals surface area contributed by atoms with Crippen molar-refractivity contribution in [2.24, 2.45) is 5.10 Å². The highest BCUT2D eigenvalue weighted by Gasteiger charge is 1.95. The Balaban J connectivity index is 1.85. The summed E-state index contributed by atoms with van der Waals surface area (Å²) >= 11 is 0. The first kappa shape index (κ1) is 15.1. The standard InChI is InChI=1S/C18H22N2O/c1-2-3-7-13-21-18-12-8-9-16(14-18)15-19-20-17-10-5-4-6-11-17/h4-6,8-12,14-15,20H,2-3,7,13H2,1H3. The summed E-state index contributed by atoms with van der Waals surface area (Å²) in [6.45, 7) is 2.97. The van der Waals surface area contributed by atoms with E-state index in [0.29, 0.717) is 0 Å². The summed E-state index contributed by atoms with van der Waals surface area (Å²) < 4.78 is 5.73. The third kappa shape index (κ3) is 5.69. The minimum Gasteiger partial charge on any atom is -0.494 e. The van der Waals surface area contributed by atoms with Crippen LogP contribution in [0.2, 0.25) is 0 Å². The van der Waals surface area contributed by atoms with Crippen molar-refractivity contribution in [3.05, 3.63) is 60.2 Å². The Morgan fingerprint density at radius 1 is 1.05 bits per heavy atom. The number of rotatable bonds is 8. The minimum atomic E-state index is 0.775. The van der Waals surface area contributed by atoms with Gasteiger partial charge in [0.2, 0.25) is 0 Å². The molecule has 3 heteroatoms. The number of para-hydroxylation sites is 1. The lowest BCUT2D eigenvalue weighted by Crippen LogP contribution is -1.97. The molecule has 0 aromatic heterocycles. The average molecular weight is 282 g/mol. The van der Waals surface area contributed by atoms with Crippen LogP contribution in [-0.4, -0.2) is 12.8 Å². The van der Waals surface area contributed by atoms with Crippen molar-refractivity contribution in [3.63, 3.8) is 0 Å². The Labute approximate surface area is 126 Å². The van der Waals surface area contributed by atoms with E-state index in [9.17, 15) is 0 Å². The number of ether oxygens (including phenoxy) is 1. The fraction of sp³-hybridized carbons (Fsp3) is 0.278. The van der Waals surface area contributed by atoms with Crippen molar-refractivity contribution >= 4 is 11.9 Å². The molecule has 0 amide bonds. The van der Waals surface area contributed by atoms with E-state index in [4.69, 9.17) is 4.74 Å². The third-order valence-corrected chi connectivity index (χ3v) is 3.06. The second-order valence-electron chi connectivity index (χ2n) is 4.86. The zero-order chi connectivity index (χ0) is 14.8. The fourth-order valence-corrected chi connectivity index (χ4v) is 1.92. The van der Waals surface area contributed by atoms with Gasteiger partial charge >= 0.3 is 0 Å². The fourth-order valence-electron chi connectivity index (χ4n) is 1.92. The van der Waals surface area contributed by atoms with Crippen LogP contribution < -0.4 is 10.2 Å². The first-order valence-corrected chi connectivity index (χ1v) is 7.45. The maximum absolute atomic E-state index is 5.73. The van der Waals surface area contributed by atoms with Crippen molar-refractivity contribution in [2.75, 3.05) is 12.0 Å². The van der Waals surface area contributed by atoms with Gasteiger partial charge in [0, 0.05) is 0 Å². The Morgan fingerprint density at radius 2 is 1.90 bits per heavy atom. The zero-order valence-electron chi connectivity index (χ0n) is 12.5. The van der Waals surface area contributed by atoms with Gasteiger partial charge in [0.15, 0.2) is 0 Å². The quantitative estimate of drug-likeness (QED) is 0.432. The molecule has 0 unspecified atom stereocenters. The van der Waals surface area contributed by atoms with Gasteiger partial charge in [-0.05, 0) is 36.2 Å². The summed E-state index contributed by atoms with van der Waals surface area (Å²) in [5.41, 5.74) is 4.99. The van der Waals surface area contributed by atoms with Crippen LogP contribution in [0.5, 0.6) is 5.75 Å². The lowest BCUT2D eigenvalue weighted by atomic mass is 10.2. The van der Waals surface area contributed by atoms with Crippen LogP contribution in [0.1, 0.15) is 31.7 Å². The Kier molecular flexibility index (Phi) is 6.33. The topological polar surface area (TPSA) is 33.6 Å². The normalized spacial score (nSPS) is 10.7. The molecular formula is C18H22N2O. The summed E-state index contributed by atoms with van der Waals surface area (Å²) in [5, 5.41) is 4.23. The number of hydrogen-bond donors (Lipinski definition) is 1. The number of hydrogen-bond acceptors (Lipinski definition) is 3. The van der Waals surface area contributed by atoms with E-state index >= 15 is 0 Å². The van der Waals surface area contributed by atoms with E-state index in [1.54, 1.807) is 6.21 Å². The van der Waals surface area contributed by atoms with Crippen molar-refractivity contribution < 1.29 is 4.74 Å². The molecule has 0 bridgehead atoms. The van der Waals surface area contributed by atoms with E-state index in [1.165, 1.54) is 12.8 Å². The smallest absolute Gasteiger partial charge is 0.119 e. The van der Waals surface area contributed by atoms with Crippen LogP contribution in [0.4, 0.5) is 5.69 Å². The first-order valence-electron chi connectivity index (χ1n) is 7.45. The summed E-state index contributed by atoms with van der Waals surface area (Å²) in [6.07, 6.45) is 5.32. The van der Waals surface area contributed by atoms with E-state index in [-0.39, 0.29) is 0 Å². The van der Waals surface area contributed by atoms with Gasteiger partial charge in [-0.15, -0.1) is 0 Å². The summed E-state index contributed by atoms with van der Waals surface area (Å²) in [5.74, 6) is 0.898. The Morgan fingerprint density at radius 3 is 2.71 bits per heavy atom. The molecule has 0 radical (unpaired) electrons. The number of benzene rings is 2. The molecule has 1 N–H and O–H groups in total. The average Bonchev–Trinajstić information content (AvgIpc) is 2.53. The second kappa shape index (κ2) is 8.80. The summed E-state index contributed by atoms with van der Waals surface area (Å²) in [4.78, 5) is 0. The number of hydrazone groups is 1. The molecule has 110 valence electrons. The molecule has 0 aliphatic carbocycles. The highest BCUT2D eigenvalue weighted by Crippen LogP contribution is 2.13. The lowest BCUT2D eigenvalue weighted by molar-refractivity contribution is 0.306. The Bertz CT molecular complexity index is 552. The largest absolute Gasteiger partial charge is 0.494 e. The molecular weight excluding hydrogens is 260 g/mol. The van der Waals surface area contributed by atoms with Gasteiger partial charge in [-0.3, -0.25) is 5.43 Å². The molecule has 0 aliphatic rings. The SMILES string of the molecule is CCCCCOc1cccc(C=NNc2ccccc2)c1. The second-order valence-corrected chi connectivity index (χ2v) is 4.86. The monoisotopic (exact) mass is 282 g/mol. The molecule has 0 aliphatic heterocycles. The van der Waals surface area contributed by atoms with E-state index in [2.05, 4.69) is 17.5 Å². The number of anilines is 1. The summed E-state index contributed by atoms with van der Waals surface area (Å²) in [7, 11) is 0. The van der Waals surface area contributed by atoms with Gasteiger partial charge in [-0.1, -0.05) is 50.1 Å². The molecule has 0 fully saturated rings. The molecule has 2 aromatic rings.